The van der Waals surface area contributed by atoms with Gasteiger partial charge < -0.3 is 15.6 Å². The van der Waals surface area contributed by atoms with E-state index >= 15 is 0 Å². The van der Waals surface area contributed by atoms with Crippen molar-refractivity contribution in [2.45, 2.75) is 39.4 Å². The molecule has 6 heteroatoms. The van der Waals surface area contributed by atoms with Crippen molar-refractivity contribution in [3.63, 3.8) is 0 Å². The van der Waals surface area contributed by atoms with Gasteiger partial charge in [-0.1, -0.05) is 13.8 Å². The van der Waals surface area contributed by atoms with E-state index in [4.69, 9.17) is 15.3 Å². The first-order valence-corrected chi connectivity index (χ1v) is 5.84. The van der Waals surface area contributed by atoms with Gasteiger partial charge in [0.1, 0.15) is 6.61 Å². The lowest BCUT2D eigenvalue weighted by Gasteiger charge is -2.18. The van der Waals surface area contributed by atoms with Gasteiger partial charge in [-0.3, -0.25) is 9.63 Å². The zero-order valence-corrected chi connectivity index (χ0v) is 10.8. The van der Waals surface area contributed by atoms with Gasteiger partial charge in [-0.2, -0.15) is 5.48 Å². The number of amides is 1. The summed E-state index contributed by atoms with van der Waals surface area (Å²) >= 11 is 0. The van der Waals surface area contributed by atoms with Crippen LogP contribution in [0.3, 0.4) is 0 Å². The van der Waals surface area contributed by atoms with Crippen LogP contribution in [0.1, 0.15) is 27.2 Å². The Morgan fingerprint density at radius 3 is 2.59 bits per heavy atom. The van der Waals surface area contributed by atoms with E-state index in [0.717, 1.165) is 6.42 Å². The van der Waals surface area contributed by atoms with E-state index < -0.39 is 12.0 Å². The number of carbonyl (C=O) groups excluding carboxylic acids is 1. The minimum absolute atomic E-state index is 0.121. The Morgan fingerprint density at radius 2 is 2.06 bits per heavy atom. The lowest BCUT2D eigenvalue weighted by atomic mass is 10.1. The molecule has 0 aromatic carbocycles. The molecule has 2 unspecified atom stereocenters. The molecule has 0 aliphatic rings. The highest BCUT2D eigenvalue weighted by atomic mass is 16.6. The monoisotopic (exact) mass is 248 g/mol. The summed E-state index contributed by atoms with van der Waals surface area (Å²) in [6.45, 7) is 6.44. The molecule has 0 aliphatic heterocycles. The minimum Gasteiger partial charge on any atom is -0.389 e. The number of aliphatic hydroxyl groups excluding tert-OH is 1. The first-order chi connectivity index (χ1) is 7.91. The Bertz CT molecular complexity index is 212. The number of rotatable bonds is 10. The molecule has 0 aliphatic carbocycles. The quantitative estimate of drug-likeness (QED) is 0.368. The summed E-state index contributed by atoms with van der Waals surface area (Å²) in [4.78, 5) is 15.0. The van der Waals surface area contributed by atoms with Crippen LogP contribution in [0, 0.1) is 5.92 Å². The Labute approximate surface area is 102 Å². The largest absolute Gasteiger partial charge is 0.389 e. The van der Waals surface area contributed by atoms with Crippen LogP contribution >= 0.6 is 0 Å². The molecule has 0 saturated heterocycles. The van der Waals surface area contributed by atoms with E-state index in [1.165, 1.54) is 0 Å². The van der Waals surface area contributed by atoms with E-state index in [-0.39, 0.29) is 25.9 Å². The SMILES string of the molecule is CC(C)CC(C)OCC(O)CNOCC(N)=O. The van der Waals surface area contributed by atoms with Gasteiger partial charge in [0.15, 0.2) is 0 Å². The molecule has 2 atom stereocenters. The van der Waals surface area contributed by atoms with Crippen LogP contribution in [-0.2, 0) is 14.4 Å². The maximum absolute atomic E-state index is 10.3. The summed E-state index contributed by atoms with van der Waals surface area (Å²) in [5.41, 5.74) is 7.31. The third kappa shape index (κ3) is 11.6. The summed E-state index contributed by atoms with van der Waals surface area (Å²) in [5, 5.41) is 9.51. The Morgan fingerprint density at radius 1 is 1.41 bits per heavy atom. The van der Waals surface area contributed by atoms with Crippen molar-refractivity contribution in [2.75, 3.05) is 19.8 Å². The van der Waals surface area contributed by atoms with E-state index in [9.17, 15) is 9.90 Å². The fraction of sp³-hybridized carbons (Fsp3) is 0.909. The van der Waals surface area contributed by atoms with E-state index in [0.29, 0.717) is 5.92 Å². The molecule has 102 valence electrons. The number of hydroxylamine groups is 1. The van der Waals surface area contributed by atoms with Crippen LogP contribution in [0.2, 0.25) is 0 Å². The van der Waals surface area contributed by atoms with E-state index in [1.807, 2.05) is 6.92 Å². The third-order valence-corrected chi connectivity index (χ3v) is 2.01. The number of nitrogens with two attached hydrogens (primary N) is 1. The second-order valence-electron chi connectivity index (χ2n) is 4.53. The van der Waals surface area contributed by atoms with Crippen LogP contribution in [-0.4, -0.2) is 43.0 Å². The van der Waals surface area contributed by atoms with Crippen molar-refractivity contribution in [3.05, 3.63) is 0 Å². The summed E-state index contributed by atoms with van der Waals surface area (Å²) in [6.07, 6.45) is 0.409. The van der Waals surface area contributed by atoms with Crippen molar-refractivity contribution in [3.8, 4) is 0 Å². The first kappa shape index (κ1) is 16.3. The van der Waals surface area contributed by atoms with Crippen molar-refractivity contribution in [2.24, 2.45) is 11.7 Å². The smallest absolute Gasteiger partial charge is 0.245 e. The van der Waals surface area contributed by atoms with Gasteiger partial charge in [-0.25, -0.2) is 0 Å². The Hall–Kier alpha value is -0.690. The van der Waals surface area contributed by atoms with Crippen LogP contribution in [0.4, 0.5) is 0 Å². The molecule has 0 radical (unpaired) electrons. The number of primary amides is 1. The van der Waals surface area contributed by atoms with Crippen LogP contribution in [0.25, 0.3) is 0 Å². The number of hydrogen-bond acceptors (Lipinski definition) is 5. The molecule has 0 heterocycles. The van der Waals surface area contributed by atoms with Gasteiger partial charge in [0.05, 0.1) is 18.8 Å². The molecular formula is C11H24N2O4. The molecule has 0 rings (SSSR count). The summed E-state index contributed by atoms with van der Waals surface area (Å²) in [6, 6.07) is 0. The van der Waals surface area contributed by atoms with Gasteiger partial charge in [0, 0.05) is 6.54 Å². The minimum atomic E-state index is -0.669. The molecule has 17 heavy (non-hydrogen) atoms. The number of aliphatic hydroxyl groups is 1. The molecule has 0 saturated carbocycles. The molecule has 0 spiro atoms. The Balaban J connectivity index is 3.45. The average Bonchev–Trinajstić information content (AvgIpc) is 2.20. The summed E-state index contributed by atoms with van der Waals surface area (Å²) in [7, 11) is 0. The lowest BCUT2D eigenvalue weighted by molar-refractivity contribution is -0.126. The van der Waals surface area contributed by atoms with Gasteiger partial charge in [0.25, 0.3) is 0 Å². The molecule has 0 aromatic rings. The topological polar surface area (TPSA) is 93.8 Å². The van der Waals surface area contributed by atoms with Gasteiger partial charge in [0.2, 0.25) is 5.91 Å². The van der Waals surface area contributed by atoms with E-state index in [1.54, 1.807) is 0 Å². The van der Waals surface area contributed by atoms with Gasteiger partial charge >= 0.3 is 0 Å². The van der Waals surface area contributed by atoms with Crippen molar-refractivity contribution >= 4 is 5.91 Å². The normalized spacial score (nSPS) is 14.9. The number of carbonyl (C=O) groups is 1. The predicted octanol–water partition coefficient (Wildman–Crippen LogP) is -0.195. The zero-order valence-electron chi connectivity index (χ0n) is 10.8. The molecule has 4 N–H and O–H groups in total. The van der Waals surface area contributed by atoms with Crippen molar-refractivity contribution in [1.82, 2.24) is 5.48 Å². The van der Waals surface area contributed by atoms with Crippen molar-refractivity contribution in [1.29, 1.82) is 0 Å². The van der Waals surface area contributed by atoms with Crippen LogP contribution in [0.15, 0.2) is 0 Å². The second-order valence-corrected chi connectivity index (χ2v) is 4.53. The fourth-order valence-corrected chi connectivity index (χ4v) is 1.34. The highest BCUT2D eigenvalue weighted by Gasteiger charge is 2.09. The average molecular weight is 248 g/mol. The highest BCUT2D eigenvalue weighted by Crippen LogP contribution is 2.07. The van der Waals surface area contributed by atoms with Crippen molar-refractivity contribution < 1.29 is 19.5 Å². The number of hydrogen-bond donors (Lipinski definition) is 3. The van der Waals surface area contributed by atoms with E-state index in [2.05, 4.69) is 19.3 Å². The molecule has 6 nitrogen and oxygen atoms in total. The van der Waals surface area contributed by atoms with Gasteiger partial charge in [-0.15, -0.1) is 0 Å². The lowest BCUT2D eigenvalue weighted by Crippen LogP contribution is -2.34. The second kappa shape index (κ2) is 9.35. The Kier molecular flexibility index (Phi) is 8.97. The number of ether oxygens (including phenoxy) is 1. The third-order valence-electron chi connectivity index (χ3n) is 2.01. The molecule has 1 amide bonds. The molecule has 0 bridgehead atoms. The maximum Gasteiger partial charge on any atom is 0.245 e. The standard InChI is InChI=1S/C11H24N2O4/c1-8(2)4-9(3)16-6-10(14)5-13-17-7-11(12)15/h8-10,13-14H,4-7H2,1-3H3,(H2,12,15). The number of nitrogens with one attached hydrogen (secondary N) is 1. The fourth-order valence-electron chi connectivity index (χ4n) is 1.34. The molecular weight excluding hydrogens is 224 g/mol. The first-order valence-electron chi connectivity index (χ1n) is 5.84. The summed E-state index contributed by atoms with van der Waals surface area (Å²) < 4.78 is 5.46. The molecule has 0 fully saturated rings. The predicted molar refractivity (Wildman–Crippen MR) is 64.0 cm³/mol. The van der Waals surface area contributed by atoms with Crippen LogP contribution < -0.4 is 11.2 Å². The van der Waals surface area contributed by atoms with Crippen LogP contribution in [0.5, 0.6) is 0 Å². The zero-order chi connectivity index (χ0) is 13.3. The summed E-state index contributed by atoms with van der Waals surface area (Å²) in [5.74, 6) is 0.00737. The van der Waals surface area contributed by atoms with Gasteiger partial charge in [-0.05, 0) is 19.3 Å². The molecule has 0 aromatic heterocycles. The highest BCUT2D eigenvalue weighted by molar-refractivity contribution is 5.74. The maximum atomic E-state index is 10.3.